The fourth-order valence-corrected chi connectivity index (χ4v) is 6.14. The van der Waals surface area contributed by atoms with E-state index >= 15 is 0 Å². The van der Waals surface area contributed by atoms with E-state index in [-0.39, 0.29) is 25.7 Å². The molecule has 52 heavy (non-hydrogen) atoms. The number of ether oxygens (including phenoxy) is 1. The van der Waals surface area contributed by atoms with E-state index in [0.29, 0.717) is 12.8 Å². The van der Waals surface area contributed by atoms with Gasteiger partial charge in [-0.1, -0.05) is 159 Å². The molecule has 9 heteroatoms. The topological polar surface area (TPSA) is 117 Å². The van der Waals surface area contributed by atoms with Crippen molar-refractivity contribution >= 4 is 13.7 Å². The van der Waals surface area contributed by atoms with Gasteiger partial charge >= 0.3 is 0 Å². The Bertz CT molecular complexity index is 979. The van der Waals surface area contributed by atoms with Gasteiger partial charge in [-0.15, -0.1) is 0 Å². The van der Waals surface area contributed by atoms with E-state index in [4.69, 9.17) is 13.8 Å². The fraction of sp³-hybridized carbons (Fsp3) is 0.744. The van der Waals surface area contributed by atoms with Gasteiger partial charge in [0, 0.05) is 13.0 Å². The van der Waals surface area contributed by atoms with Crippen LogP contribution >= 0.6 is 7.82 Å². The van der Waals surface area contributed by atoms with E-state index < -0.39 is 20.5 Å². The van der Waals surface area contributed by atoms with Crippen LogP contribution in [0.15, 0.2) is 60.9 Å². The van der Waals surface area contributed by atoms with E-state index in [1.807, 2.05) is 6.08 Å². The second kappa shape index (κ2) is 40.2. The number of nitrogens with one attached hydrogen (secondary N) is 1. The molecule has 302 valence electrons. The lowest BCUT2D eigenvalue weighted by molar-refractivity contribution is -0.227. The molecule has 0 saturated carbocycles. The predicted molar refractivity (Wildman–Crippen MR) is 217 cm³/mol. The molecule has 0 aliphatic carbocycles. The van der Waals surface area contributed by atoms with Gasteiger partial charge in [0.15, 0.2) is 0 Å². The molecule has 0 aliphatic heterocycles. The molecule has 0 aliphatic rings. The summed E-state index contributed by atoms with van der Waals surface area (Å²) in [5.41, 5.74) is 0. The molecule has 0 radical (unpaired) electrons. The Morgan fingerprint density at radius 3 is 1.62 bits per heavy atom. The van der Waals surface area contributed by atoms with Crippen molar-refractivity contribution in [3.05, 3.63) is 60.9 Å². The highest BCUT2D eigenvalue weighted by Crippen LogP contribution is 2.37. The number of amides is 1. The minimum Gasteiger partial charge on any atom is -0.756 e. The Morgan fingerprint density at radius 2 is 1.06 bits per heavy atom. The number of phosphoric ester groups is 1. The summed E-state index contributed by atoms with van der Waals surface area (Å²) in [7, 11) is -4.60. The highest BCUT2D eigenvalue weighted by Gasteiger charge is 2.13. The van der Waals surface area contributed by atoms with Crippen LogP contribution in [0.4, 0.5) is 0 Å². The Labute approximate surface area is 319 Å². The molecular weight excluding hydrogens is 673 g/mol. The van der Waals surface area contributed by atoms with Gasteiger partial charge in [0.25, 0.3) is 7.82 Å². The summed E-state index contributed by atoms with van der Waals surface area (Å²) in [6, 6.07) is 0. The zero-order chi connectivity index (χ0) is 38.1. The molecule has 8 nitrogen and oxygen atoms in total. The number of carbonyl (C=O) groups excluding carboxylic acids is 1. The first-order valence-electron chi connectivity index (χ1n) is 20.8. The van der Waals surface area contributed by atoms with Crippen LogP contribution < -0.4 is 10.2 Å². The fourth-order valence-electron chi connectivity index (χ4n) is 5.40. The van der Waals surface area contributed by atoms with Gasteiger partial charge in [-0.05, 0) is 63.9 Å². The third-order valence-corrected chi connectivity index (χ3v) is 9.50. The van der Waals surface area contributed by atoms with Gasteiger partial charge in [-0.3, -0.25) is 9.36 Å². The van der Waals surface area contributed by atoms with Crippen LogP contribution in [0.5, 0.6) is 0 Å². The van der Waals surface area contributed by atoms with Crippen LogP contribution in [0.25, 0.3) is 0 Å². The lowest BCUT2D eigenvalue weighted by atomic mass is 10.0. The Hall–Kier alpha value is -1.96. The molecule has 0 aromatic heterocycles. The lowest BCUT2D eigenvalue weighted by Gasteiger charge is -2.24. The van der Waals surface area contributed by atoms with E-state index in [1.54, 1.807) is 6.26 Å². The average molecular weight is 751 g/mol. The van der Waals surface area contributed by atoms with Crippen LogP contribution in [-0.2, 0) is 23.1 Å². The minimum absolute atomic E-state index is 0.0501. The van der Waals surface area contributed by atoms with Gasteiger partial charge in [0.2, 0.25) is 5.91 Å². The summed E-state index contributed by atoms with van der Waals surface area (Å²) >= 11 is 0. The van der Waals surface area contributed by atoms with Crippen molar-refractivity contribution in [2.45, 2.75) is 180 Å². The molecule has 2 N–H and O–H groups in total. The number of phosphoric acid groups is 1. The molecule has 1 unspecified atom stereocenters. The Kier molecular flexibility index (Phi) is 38.7. The number of carbonyl (C=O) groups is 1. The van der Waals surface area contributed by atoms with E-state index in [1.165, 1.54) is 109 Å². The summed E-state index contributed by atoms with van der Waals surface area (Å²) < 4.78 is 26.8. The number of unbranched alkanes of at least 4 members (excludes halogenated alkanes) is 18. The SMILES string of the molecule is CCCCC/C=C\C/C=C\C/C=C\C/C=C\CCCC(=O)NCCOP(=O)([O-])OC[C@H](O)CO/C=C\CCCCCCCCCCCCCCCC. The molecule has 0 bridgehead atoms. The number of aliphatic hydroxyl groups excluding tert-OH is 1. The third kappa shape index (κ3) is 40.8. The van der Waals surface area contributed by atoms with Crippen molar-refractivity contribution in [1.29, 1.82) is 0 Å². The summed E-state index contributed by atoms with van der Waals surface area (Å²) in [6.45, 7) is 3.76. The lowest BCUT2D eigenvalue weighted by Crippen LogP contribution is -2.28. The zero-order valence-electron chi connectivity index (χ0n) is 33.2. The Balaban J connectivity index is 3.64. The van der Waals surface area contributed by atoms with Crippen LogP contribution in [0, 0.1) is 0 Å². The summed E-state index contributed by atoms with van der Waals surface area (Å²) in [5.74, 6) is -0.161. The van der Waals surface area contributed by atoms with Crippen molar-refractivity contribution < 1.29 is 33.1 Å². The molecule has 0 saturated heterocycles. The summed E-state index contributed by atoms with van der Waals surface area (Å²) in [6.07, 6.45) is 48.9. The van der Waals surface area contributed by atoms with Crippen LogP contribution in [0.1, 0.15) is 174 Å². The molecule has 0 aromatic carbocycles. The van der Waals surface area contributed by atoms with E-state index in [0.717, 1.165) is 38.5 Å². The first-order chi connectivity index (χ1) is 25.4. The maximum Gasteiger partial charge on any atom is 0.268 e. The molecule has 0 spiro atoms. The molecule has 0 fully saturated rings. The highest BCUT2D eigenvalue weighted by atomic mass is 31.2. The maximum absolute atomic E-state index is 12.0. The van der Waals surface area contributed by atoms with Crippen LogP contribution in [0.3, 0.4) is 0 Å². The average Bonchev–Trinajstić information content (AvgIpc) is 3.13. The number of allylic oxidation sites excluding steroid dienone is 9. The van der Waals surface area contributed by atoms with Gasteiger partial charge in [0.1, 0.15) is 12.7 Å². The first kappa shape index (κ1) is 50.0. The van der Waals surface area contributed by atoms with E-state index in [2.05, 4.69) is 67.8 Å². The largest absolute Gasteiger partial charge is 0.756 e. The number of rotatable bonds is 39. The van der Waals surface area contributed by atoms with Gasteiger partial charge < -0.3 is 29.1 Å². The second-order valence-corrected chi connectivity index (χ2v) is 15.1. The molecule has 0 aromatic rings. The number of hydrogen-bond donors (Lipinski definition) is 2. The highest BCUT2D eigenvalue weighted by molar-refractivity contribution is 7.45. The van der Waals surface area contributed by atoms with Crippen molar-refractivity contribution in [3.8, 4) is 0 Å². The third-order valence-electron chi connectivity index (χ3n) is 8.54. The Morgan fingerprint density at radius 1 is 0.615 bits per heavy atom. The maximum atomic E-state index is 12.0. The second-order valence-electron chi connectivity index (χ2n) is 13.7. The van der Waals surface area contributed by atoms with Gasteiger partial charge in [0.05, 0.1) is 19.5 Å². The smallest absolute Gasteiger partial charge is 0.268 e. The standard InChI is InChI=1S/C43H78NO7P/c1-3-5-7-9-11-13-15-17-19-21-22-24-26-28-30-32-34-36-43(46)44-37-39-50-52(47,48)51-41-42(45)40-49-38-35-33-31-29-27-25-23-20-18-16-14-12-10-8-6-4-2/h11,13,17,19,22,24,28,30,35,38,42,45H,3-10,12,14-16,18,20-21,23,25-27,29,31-34,36-37,39-41H2,1-2H3,(H,44,46)(H,47,48)/p-1/b13-11-,19-17-,24-22-,30-28-,38-35-/t42-/m1/s1. The zero-order valence-corrected chi connectivity index (χ0v) is 34.1. The molecule has 0 heterocycles. The van der Waals surface area contributed by atoms with Crippen molar-refractivity contribution in [3.63, 3.8) is 0 Å². The molecule has 2 atom stereocenters. The molecular formula is C43H77NO7P-. The minimum atomic E-state index is -4.60. The van der Waals surface area contributed by atoms with Crippen molar-refractivity contribution in [2.75, 3.05) is 26.4 Å². The molecule has 1 amide bonds. The molecule has 0 rings (SSSR count). The van der Waals surface area contributed by atoms with Crippen LogP contribution in [-0.4, -0.2) is 43.5 Å². The van der Waals surface area contributed by atoms with E-state index in [9.17, 15) is 19.4 Å². The van der Waals surface area contributed by atoms with Crippen molar-refractivity contribution in [1.82, 2.24) is 5.32 Å². The summed E-state index contributed by atoms with van der Waals surface area (Å²) in [5, 5.41) is 12.6. The van der Waals surface area contributed by atoms with Gasteiger partial charge in [-0.2, -0.15) is 0 Å². The number of aliphatic hydroxyl groups is 1. The number of hydrogen-bond acceptors (Lipinski definition) is 7. The van der Waals surface area contributed by atoms with Gasteiger partial charge in [-0.25, -0.2) is 0 Å². The predicted octanol–water partition coefficient (Wildman–Crippen LogP) is 11.5. The summed E-state index contributed by atoms with van der Waals surface area (Å²) in [4.78, 5) is 24.0. The van der Waals surface area contributed by atoms with Crippen molar-refractivity contribution in [2.24, 2.45) is 0 Å². The first-order valence-corrected chi connectivity index (χ1v) is 22.3. The normalized spacial score (nSPS) is 14.1. The van der Waals surface area contributed by atoms with Crippen LogP contribution in [0.2, 0.25) is 0 Å². The monoisotopic (exact) mass is 751 g/mol. The quantitative estimate of drug-likeness (QED) is 0.0278.